The molecular weight excluding hydrogens is 325 g/mol. The molecule has 1 aromatic carbocycles. The normalized spacial score (nSPS) is 15.7. The fourth-order valence-electron chi connectivity index (χ4n) is 2.83. The molecule has 0 amide bonds. The Morgan fingerprint density at radius 2 is 2.16 bits per heavy atom. The molecule has 0 saturated carbocycles. The average Bonchev–Trinajstić information content (AvgIpc) is 2.90. The minimum atomic E-state index is -0.440. The molecule has 0 spiro atoms. The Morgan fingerprint density at radius 1 is 1.28 bits per heavy atom. The van der Waals surface area contributed by atoms with Crippen LogP contribution in [0, 0.1) is 5.82 Å². The largest absolute Gasteiger partial charge is 0.486 e. The summed E-state index contributed by atoms with van der Waals surface area (Å²) in [4.78, 5) is 23.7. The number of nitrogens with two attached hydrogens (primary N) is 1. The lowest BCUT2D eigenvalue weighted by molar-refractivity contribution is 0.340. The van der Waals surface area contributed by atoms with E-state index in [1.165, 1.54) is 10.6 Å². The van der Waals surface area contributed by atoms with Crippen molar-refractivity contribution in [2.45, 2.75) is 19.4 Å². The predicted octanol–water partition coefficient (Wildman–Crippen LogP) is 1.77. The molecule has 0 radical (unpaired) electrons. The van der Waals surface area contributed by atoms with Gasteiger partial charge in [0.25, 0.3) is 0 Å². The van der Waals surface area contributed by atoms with Crippen molar-refractivity contribution in [3.8, 4) is 5.75 Å². The molecule has 7 nitrogen and oxygen atoms in total. The number of halogens is 1. The number of nitrogens with zero attached hydrogens (tertiary/aromatic N) is 3. The first-order valence-corrected chi connectivity index (χ1v) is 7.93. The monoisotopic (exact) mass is 341 g/mol. The van der Waals surface area contributed by atoms with Gasteiger partial charge in [0.15, 0.2) is 23.0 Å². The van der Waals surface area contributed by atoms with Crippen LogP contribution in [0.25, 0.3) is 11.2 Å². The number of hydrogen-bond donors (Lipinski definition) is 2. The van der Waals surface area contributed by atoms with E-state index in [1.54, 1.807) is 12.1 Å². The number of aromatic amines is 1. The third-order valence-corrected chi connectivity index (χ3v) is 4.07. The standard InChI is InChI=1S/C17H16FN5O2/c18-11-6-5-10-8-12(11)25-7-3-1-2-4-13-20-15(19)14-16(21-13)23(9-10)17(24)22-14/h1,3,5-6,8H,2,4,7,9H2,(H,22,24)(H2,19,20,21)/b3-1+. The molecule has 25 heavy (non-hydrogen) atoms. The first-order chi connectivity index (χ1) is 12.1. The van der Waals surface area contributed by atoms with Crippen LogP contribution in [0.15, 0.2) is 35.1 Å². The smallest absolute Gasteiger partial charge is 0.328 e. The molecule has 0 atom stereocenters. The number of H-pyrrole nitrogens is 1. The predicted molar refractivity (Wildman–Crippen MR) is 91.0 cm³/mol. The Balaban J connectivity index is 1.90. The van der Waals surface area contributed by atoms with Crippen LogP contribution in [0.5, 0.6) is 5.75 Å². The van der Waals surface area contributed by atoms with E-state index in [0.29, 0.717) is 29.8 Å². The van der Waals surface area contributed by atoms with E-state index >= 15 is 0 Å². The Hall–Kier alpha value is -3.16. The molecule has 0 saturated heterocycles. The van der Waals surface area contributed by atoms with E-state index in [9.17, 15) is 9.18 Å². The summed E-state index contributed by atoms with van der Waals surface area (Å²) in [5.74, 6) is 0.529. The fourth-order valence-corrected chi connectivity index (χ4v) is 2.83. The highest BCUT2D eigenvalue weighted by Crippen LogP contribution is 2.21. The second-order valence-electron chi connectivity index (χ2n) is 5.83. The zero-order valence-corrected chi connectivity index (χ0v) is 13.3. The molecule has 1 aliphatic heterocycles. The van der Waals surface area contributed by atoms with Gasteiger partial charge in [-0.1, -0.05) is 18.2 Å². The van der Waals surface area contributed by atoms with E-state index < -0.39 is 5.82 Å². The van der Waals surface area contributed by atoms with Gasteiger partial charge in [0.2, 0.25) is 0 Å². The molecule has 0 aliphatic carbocycles. The van der Waals surface area contributed by atoms with Crippen molar-refractivity contribution >= 4 is 17.0 Å². The second kappa shape index (κ2) is 6.04. The molecule has 4 rings (SSSR count). The highest BCUT2D eigenvalue weighted by Gasteiger charge is 2.15. The molecule has 1 aliphatic rings. The van der Waals surface area contributed by atoms with Crippen LogP contribution in [0.4, 0.5) is 10.2 Å². The van der Waals surface area contributed by atoms with Crippen LogP contribution in [-0.2, 0) is 13.0 Å². The maximum atomic E-state index is 13.9. The Bertz CT molecular complexity index is 1040. The molecule has 0 fully saturated rings. The maximum absolute atomic E-state index is 13.9. The lowest BCUT2D eigenvalue weighted by Crippen LogP contribution is -2.18. The van der Waals surface area contributed by atoms with E-state index in [2.05, 4.69) is 15.0 Å². The highest BCUT2D eigenvalue weighted by atomic mass is 19.1. The van der Waals surface area contributed by atoms with E-state index in [-0.39, 0.29) is 30.4 Å². The number of nitrogen functional groups attached to an aromatic ring is 1. The van der Waals surface area contributed by atoms with Crippen LogP contribution < -0.4 is 16.2 Å². The molecule has 4 bridgehead atoms. The van der Waals surface area contributed by atoms with E-state index in [4.69, 9.17) is 10.5 Å². The summed E-state index contributed by atoms with van der Waals surface area (Å²) in [7, 11) is 0. The van der Waals surface area contributed by atoms with Gasteiger partial charge in [-0.25, -0.2) is 19.2 Å². The van der Waals surface area contributed by atoms with Crippen LogP contribution in [0.1, 0.15) is 17.8 Å². The molecular formula is C17H16FN5O2. The Labute approximate surface area is 142 Å². The van der Waals surface area contributed by atoms with Gasteiger partial charge in [-0.05, 0) is 24.1 Å². The third-order valence-electron chi connectivity index (χ3n) is 4.07. The van der Waals surface area contributed by atoms with Crippen LogP contribution >= 0.6 is 0 Å². The number of aryl methyl sites for hydroxylation is 1. The van der Waals surface area contributed by atoms with Gasteiger partial charge < -0.3 is 15.5 Å². The fraction of sp³-hybridized carbons (Fsp3) is 0.235. The van der Waals surface area contributed by atoms with Crippen LogP contribution in [0.3, 0.4) is 0 Å². The topological polar surface area (TPSA) is 98.8 Å². The molecule has 2 aromatic heterocycles. The summed E-state index contributed by atoms with van der Waals surface area (Å²) in [5.41, 5.74) is 7.21. The van der Waals surface area contributed by atoms with Gasteiger partial charge in [0.05, 0.1) is 6.54 Å². The van der Waals surface area contributed by atoms with Gasteiger partial charge in [-0.3, -0.25) is 4.57 Å². The quantitative estimate of drug-likeness (QED) is 0.607. The summed E-state index contributed by atoms with van der Waals surface area (Å²) in [5, 5.41) is 0. The number of ether oxygens (including phenoxy) is 1. The van der Waals surface area contributed by atoms with Gasteiger partial charge in [-0.2, -0.15) is 0 Å². The summed E-state index contributed by atoms with van der Waals surface area (Å²) in [6, 6.07) is 4.53. The van der Waals surface area contributed by atoms with Crippen LogP contribution in [0.2, 0.25) is 0 Å². The van der Waals surface area contributed by atoms with Gasteiger partial charge in [0, 0.05) is 6.42 Å². The van der Waals surface area contributed by atoms with E-state index in [1.807, 2.05) is 12.2 Å². The first-order valence-electron chi connectivity index (χ1n) is 7.93. The molecule has 3 heterocycles. The zero-order valence-electron chi connectivity index (χ0n) is 13.3. The second-order valence-corrected chi connectivity index (χ2v) is 5.83. The lowest BCUT2D eigenvalue weighted by atomic mass is 10.2. The number of nitrogens with one attached hydrogen (secondary N) is 1. The molecule has 3 aromatic rings. The van der Waals surface area contributed by atoms with Gasteiger partial charge in [-0.15, -0.1) is 0 Å². The van der Waals surface area contributed by atoms with Crippen molar-refractivity contribution in [1.29, 1.82) is 0 Å². The van der Waals surface area contributed by atoms with E-state index in [0.717, 1.165) is 5.56 Å². The number of allylic oxidation sites excluding steroid dienone is 1. The van der Waals surface area contributed by atoms with Crippen molar-refractivity contribution in [2.24, 2.45) is 0 Å². The number of fused-ring (bicyclic) bond motifs is 3. The molecule has 0 unspecified atom stereocenters. The summed E-state index contributed by atoms with van der Waals surface area (Å²) < 4.78 is 20.8. The number of hydrogen-bond acceptors (Lipinski definition) is 5. The van der Waals surface area contributed by atoms with Crippen LogP contribution in [-0.4, -0.2) is 26.1 Å². The minimum absolute atomic E-state index is 0.155. The highest BCUT2D eigenvalue weighted by molar-refractivity contribution is 5.81. The van der Waals surface area contributed by atoms with Gasteiger partial charge in [0.1, 0.15) is 17.9 Å². The minimum Gasteiger partial charge on any atom is -0.486 e. The Kier molecular flexibility index (Phi) is 3.72. The number of rotatable bonds is 0. The van der Waals surface area contributed by atoms with Crippen molar-refractivity contribution in [3.63, 3.8) is 0 Å². The van der Waals surface area contributed by atoms with Crippen molar-refractivity contribution in [1.82, 2.24) is 19.5 Å². The molecule has 128 valence electrons. The summed E-state index contributed by atoms with van der Waals surface area (Å²) >= 11 is 0. The number of imidazole rings is 1. The van der Waals surface area contributed by atoms with Crippen molar-refractivity contribution in [2.75, 3.05) is 12.3 Å². The summed E-state index contributed by atoms with van der Waals surface area (Å²) in [6.07, 6.45) is 5.01. The molecule has 3 N–H and O–H groups in total. The lowest BCUT2D eigenvalue weighted by Gasteiger charge is -2.09. The zero-order chi connectivity index (χ0) is 17.4. The van der Waals surface area contributed by atoms with Crippen molar-refractivity contribution in [3.05, 3.63) is 58.0 Å². The van der Waals surface area contributed by atoms with Gasteiger partial charge >= 0.3 is 5.69 Å². The summed E-state index contributed by atoms with van der Waals surface area (Å²) in [6.45, 7) is 0.485. The third kappa shape index (κ3) is 2.86. The average molecular weight is 341 g/mol. The Morgan fingerprint density at radius 3 is 3.04 bits per heavy atom. The number of benzene rings is 1. The number of aromatic nitrogens is 4. The first kappa shape index (κ1) is 15.4. The van der Waals surface area contributed by atoms with Crippen molar-refractivity contribution < 1.29 is 9.13 Å². The number of anilines is 1. The SMILES string of the molecule is Nc1nc2nc3c1[nH]c(=O)n3Cc1ccc(F)c(c1)OC/C=C/CC2. The molecule has 8 heteroatoms. The maximum Gasteiger partial charge on any atom is 0.328 e.